The van der Waals surface area contributed by atoms with Crippen molar-refractivity contribution in [1.82, 2.24) is 0 Å². The van der Waals surface area contributed by atoms with Gasteiger partial charge in [-0.25, -0.2) is 0 Å². The summed E-state index contributed by atoms with van der Waals surface area (Å²) in [6.45, 7) is 18.8. The molecule has 0 saturated carbocycles. The molecule has 0 heterocycles. The second-order valence-corrected chi connectivity index (χ2v) is 3.23. The van der Waals surface area contributed by atoms with Crippen LogP contribution in [0.2, 0.25) is 0 Å². The normalized spacial score (nSPS) is 7.56. The molecule has 0 aliphatic heterocycles. The second-order valence-electron chi connectivity index (χ2n) is 3.23. The van der Waals surface area contributed by atoms with Crippen molar-refractivity contribution in [3.8, 4) is 0 Å². The molecule has 0 N–H and O–H groups in total. The van der Waals surface area contributed by atoms with Crippen LogP contribution in [0.3, 0.4) is 0 Å². The van der Waals surface area contributed by atoms with E-state index in [1.807, 2.05) is 24.3 Å². The van der Waals surface area contributed by atoms with Crippen molar-refractivity contribution < 1.29 is 54.1 Å². The predicted octanol–water partition coefficient (Wildman–Crippen LogP) is -9.82. The quantitative estimate of drug-likeness (QED) is 0.263. The van der Waals surface area contributed by atoms with E-state index in [0.717, 1.165) is 30.7 Å². The molecule has 0 aliphatic carbocycles. The van der Waals surface area contributed by atoms with Gasteiger partial charge in [-0.1, -0.05) is 26.3 Å². The van der Waals surface area contributed by atoms with Gasteiger partial charge in [0.2, 0.25) is 0 Å². The van der Waals surface area contributed by atoms with Crippen molar-refractivity contribution in [2.24, 2.45) is 0 Å². The van der Waals surface area contributed by atoms with Crippen molar-refractivity contribution in [2.45, 2.75) is 0 Å². The molecule has 0 aromatic carbocycles. The van der Waals surface area contributed by atoms with Crippen LogP contribution in [0.25, 0.3) is 0 Å². The van der Waals surface area contributed by atoms with Gasteiger partial charge in [0, 0.05) is 0 Å². The molecule has 0 atom stereocenters. The molecule has 0 aliphatic rings. The molecule has 0 spiro atoms. The minimum atomic E-state index is 0. The minimum Gasteiger partial charge on any atom is -1.00 e. The standard InChI is InChI=1S/C12H20N.4ClH.In/c1-5-9-13(10-6-2,11-7-3)12-8-4;;;;;/h5-8H,1-4,9-12H2;4*1H;/q+1;;;;;+3/p-4. The molecule has 1 nitrogen and oxygen atoms in total. The van der Waals surface area contributed by atoms with E-state index in [-0.39, 0.29) is 75.5 Å². The molecule has 0 aromatic heterocycles. The molecular weight excluding hydrogens is 415 g/mol. The number of halogens is 4. The second kappa shape index (κ2) is 23.1. The first-order valence-corrected chi connectivity index (χ1v) is 4.53. The smallest absolute Gasteiger partial charge is 1.00 e. The van der Waals surface area contributed by atoms with E-state index < -0.39 is 0 Å². The van der Waals surface area contributed by atoms with Gasteiger partial charge in [-0.05, 0) is 24.3 Å². The van der Waals surface area contributed by atoms with Crippen LogP contribution in [0.15, 0.2) is 50.6 Å². The number of nitrogens with zero attached hydrogens (tertiary/aromatic N) is 1. The van der Waals surface area contributed by atoms with Crippen LogP contribution in [-0.2, 0) is 0 Å². The summed E-state index contributed by atoms with van der Waals surface area (Å²) >= 11 is 0. The molecule has 6 heteroatoms. The molecular formula is C12H20Cl4InN. The summed E-state index contributed by atoms with van der Waals surface area (Å²) in [5, 5.41) is 0. The van der Waals surface area contributed by atoms with E-state index in [2.05, 4.69) is 26.3 Å². The first-order chi connectivity index (χ1) is 6.24. The van der Waals surface area contributed by atoms with Gasteiger partial charge in [0.05, 0.1) is 26.2 Å². The Hall–Kier alpha value is 0.950. The third-order valence-corrected chi connectivity index (χ3v) is 2.07. The maximum absolute atomic E-state index is 3.77. The maximum atomic E-state index is 3.77. The molecule has 0 aromatic rings. The average Bonchev–Trinajstić information content (AvgIpc) is 2.06. The Kier molecular flexibility index (Phi) is 46.7. The van der Waals surface area contributed by atoms with Crippen LogP contribution >= 0.6 is 0 Å². The van der Waals surface area contributed by atoms with Crippen molar-refractivity contribution in [1.29, 1.82) is 0 Å². The first-order valence-electron chi connectivity index (χ1n) is 4.53. The van der Waals surface area contributed by atoms with E-state index in [1.165, 1.54) is 0 Å². The van der Waals surface area contributed by atoms with Crippen LogP contribution in [-0.4, -0.2) is 56.5 Å². The number of rotatable bonds is 8. The SMILES string of the molecule is C=CC[N+](CC=C)(CC=C)CC=C.[Cl-].[Cl-].[Cl-].[Cl-].[In+3]. The van der Waals surface area contributed by atoms with Gasteiger partial charge >= 0.3 is 25.8 Å². The predicted molar refractivity (Wildman–Crippen MR) is 66.3 cm³/mol. The largest absolute Gasteiger partial charge is 3.00 e. The molecule has 0 saturated heterocycles. The van der Waals surface area contributed by atoms with Crippen LogP contribution in [0.4, 0.5) is 0 Å². The first kappa shape index (κ1) is 36.4. The van der Waals surface area contributed by atoms with Crippen LogP contribution in [0, 0.1) is 0 Å². The Balaban J connectivity index is -0.0000000720. The summed E-state index contributed by atoms with van der Waals surface area (Å²) in [5.41, 5.74) is 0. The average molecular weight is 435 g/mol. The van der Waals surface area contributed by atoms with Crippen LogP contribution < -0.4 is 49.6 Å². The topological polar surface area (TPSA) is 0 Å². The third kappa shape index (κ3) is 15.0. The van der Waals surface area contributed by atoms with Gasteiger partial charge in [0.1, 0.15) is 0 Å². The Morgan fingerprint density at radius 1 is 0.556 bits per heavy atom. The molecule has 0 fully saturated rings. The summed E-state index contributed by atoms with van der Waals surface area (Å²) in [6.07, 6.45) is 7.76. The van der Waals surface area contributed by atoms with Crippen molar-refractivity contribution in [3.05, 3.63) is 50.6 Å². The Morgan fingerprint density at radius 3 is 0.833 bits per heavy atom. The van der Waals surface area contributed by atoms with Crippen molar-refractivity contribution >= 4 is 25.8 Å². The van der Waals surface area contributed by atoms with E-state index in [1.54, 1.807) is 0 Å². The molecule has 0 amide bonds. The third-order valence-electron chi connectivity index (χ3n) is 2.07. The fraction of sp³-hybridized carbons (Fsp3) is 0.333. The van der Waals surface area contributed by atoms with Gasteiger partial charge in [-0.2, -0.15) is 0 Å². The zero-order valence-electron chi connectivity index (χ0n) is 10.5. The van der Waals surface area contributed by atoms with Gasteiger partial charge in [0.25, 0.3) is 0 Å². The summed E-state index contributed by atoms with van der Waals surface area (Å²) in [7, 11) is 0. The van der Waals surface area contributed by atoms with E-state index >= 15 is 0 Å². The Morgan fingerprint density at radius 2 is 0.722 bits per heavy atom. The molecule has 104 valence electrons. The van der Waals surface area contributed by atoms with Gasteiger partial charge < -0.3 is 54.1 Å². The zero-order valence-corrected chi connectivity index (χ0v) is 16.8. The molecule has 18 heavy (non-hydrogen) atoms. The summed E-state index contributed by atoms with van der Waals surface area (Å²) in [4.78, 5) is 0. The Labute approximate surface area is 155 Å². The Bertz CT molecular complexity index is 165. The van der Waals surface area contributed by atoms with E-state index in [4.69, 9.17) is 0 Å². The summed E-state index contributed by atoms with van der Waals surface area (Å²) < 4.78 is 0.903. The monoisotopic (exact) mass is 433 g/mol. The van der Waals surface area contributed by atoms with E-state index in [9.17, 15) is 0 Å². The van der Waals surface area contributed by atoms with Crippen LogP contribution in [0.1, 0.15) is 0 Å². The summed E-state index contributed by atoms with van der Waals surface area (Å²) in [6, 6.07) is 0. The minimum absolute atomic E-state index is 0. The number of hydrogen-bond donors (Lipinski definition) is 0. The van der Waals surface area contributed by atoms with Crippen LogP contribution in [0.5, 0.6) is 0 Å². The molecule has 0 rings (SSSR count). The van der Waals surface area contributed by atoms with Crippen molar-refractivity contribution in [3.63, 3.8) is 0 Å². The maximum Gasteiger partial charge on any atom is 3.00 e. The van der Waals surface area contributed by atoms with Gasteiger partial charge in [-0.3, -0.25) is 0 Å². The fourth-order valence-electron chi connectivity index (χ4n) is 1.54. The van der Waals surface area contributed by atoms with Crippen molar-refractivity contribution in [2.75, 3.05) is 26.2 Å². The number of hydrogen-bond acceptors (Lipinski definition) is 0. The van der Waals surface area contributed by atoms with Gasteiger partial charge in [-0.15, -0.1) is 0 Å². The zero-order chi connectivity index (χ0) is 10.2. The summed E-state index contributed by atoms with van der Waals surface area (Å²) in [5.74, 6) is 0. The molecule has 0 radical (unpaired) electrons. The number of quaternary nitrogens is 1. The molecule has 0 bridgehead atoms. The molecule has 0 unspecified atom stereocenters. The van der Waals surface area contributed by atoms with E-state index in [0.29, 0.717) is 0 Å². The van der Waals surface area contributed by atoms with Gasteiger partial charge in [0.15, 0.2) is 0 Å². The fourth-order valence-corrected chi connectivity index (χ4v) is 1.54.